The van der Waals surface area contributed by atoms with E-state index >= 15 is 0 Å². The van der Waals surface area contributed by atoms with Gasteiger partial charge in [-0.25, -0.2) is 13.1 Å². The maximum atomic E-state index is 12.0. The highest BCUT2D eigenvalue weighted by Crippen LogP contribution is 2.19. The number of nitrogens with one attached hydrogen (secondary N) is 2. The summed E-state index contributed by atoms with van der Waals surface area (Å²) in [5.74, 6) is -0.411. The first kappa shape index (κ1) is 19.5. The van der Waals surface area contributed by atoms with Crippen molar-refractivity contribution in [2.24, 2.45) is 0 Å². The van der Waals surface area contributed by atoms with Gasteiger partial charge in [-0.2, -0.15) is 0 Å². The van der Waals surface area contributed by atoms with E-state index in [1.807, 2.05) is 36.8 Å². The second-order valence-electron chi connectivity index (χ2n) is 5.79. The minimum Gasteiger partial charge on any atom is -0.483 e. The summed E-state index contributed by atoms with van der Waals surface area (Å²) in [4.78, 5) is 22.8. The lowest BCUT2D eigenvalue weighted by atomic mass is 10.1. The summed E-state index contributed by atoms with van der Waals surface area (Å²) in [6.07, 6.45) is 0. The Morgan fingerprint density at radius 1 is 1.04 bits per heavy atom. The van der Waals surface area contributed by atoms with E-state index in [2.05, 4.69) is 5.32 Å². The van der Waals surface area contributed by atoms with Crippen LogP contribution in [-0.2, 0) is 19.6 Å². The van der Waals surface area contributed by atoms with Gasteiger partial charge in [-0.05, 0) is 55.3 Å². The van der Waals surface area contributed by atoms with Crippen LogP contribution in [0.4, 0.5) is 5.69 Å². The minimum absolute atomic E-state index is 0.0719. The van der Waals surface area contributed by atoms with Gasteiger partial charge in [0.1, 0.15) is 5.75 Å². The van der Waals surface area contributed by atoms with Crippen LogP contribution in [0.5, 0.6) is 5.75 Å². The molecule has 0 atom stereocenters. The van der Waals surface area contributed by atoms with Crippen LogP contribution >= 0.6 is 0 Å². The molecule has 8 heteroatoms. The first-order valence-corrected chi connectivity index (χ1v) is 9.29. The quantitative estimate of drug-likeness (QED) is 0.804. The number of hydrogen-bond donors (Lipinski definition) is 2. The molecule has 0 aliphatic rings. The Hall–Kier alpha value is -2.87. The van der Waals surface area contributed by atoms with Gasteiger partial charge in [0.05, 0.1) is 4.90 Å². The maximum Gasteiger partial charge on any atom is 0.264 e. The molecule has 0 saturated carbocycles. The number of aryl methyl sites for hydroxylation is 2. The molecule has 26 heavy (non-hydrogen) atoms. The highest BCUT2D eigenvalue weighted by Gasteiger charge is 2.15. The average molecular weight is 376 g/mol. The molecule has 0 unspecified atom stereocenters. The first-order valence-electron chi connectivity index (χ1n) is 7.81. The van der Waals surface area contributed by atoms with E-state index in [1.54, 1.807) is 0 Å². The molecular weight excluding hydrogens is 356 g/mol. The molecule has 0 aromatic heterocycles. The van der Waals surface area contributed by atoms with Crippen LogP contribution in [0.2, 0.25) is 0 Å². The molecule has 2 aromatic rings. The summed E-state index contributed by atoms with van der Waals surface area (Å²) in [7, 11) is -3.90. The zero-order chi connectivity index (χ0) is 19.3. The Kier molecular flexibility index (Phi) is 5.99. The van der Waals surface area contributed by atoms with Crippen LogP contribution in [0.15, 0.2) is 47.4 Å². The lowest BCUT2D eigenvalue weighted by Gasteiger charge is -2.11. The molecule has 0 radical (unpaired) electrons. The van der Waals surface area contributed by atoms with Crippen molar-refractivity contribution in [3.05, 3.63) is 53.6 Å². The van der Waals surface area contributed by atoms with E-state index in [-0.39, 0.29) is 17.4 Å². The van der Waals surface area contributed by atoms with Crippen molar-refractivity contribution < 1.29 is 22.7 Å². The van der Waals surface area contributed by atoms with E-state index < -0.39 is 15.9 Å². The van der Waals surface area contributed by atoms with Crippen molar-refractivity contribution in [1.82, 2.24) is 4.72 Å². The Bertz CT molecular complexity index is 921. The van der Waals surface area contributed by atoms with Crippen molar-refractivity contribution in [3.63, 3.8) is 0 Å². The van der Waals surface area contributed by atoms with Crippen molar-refractivity contribution in [1.29, 1.82) is 0 Å². The number of hydrogen-bond acceptors (Lipinski definition) is 5. The second-order valence-corrected chi connectivity index (χ2v) is 7.47. The van der Waals surface area contributed by atoms with Gasteiger partial charge in [0.25, 0.3) is 15.9 Å². The standard InChI is InChI=1S/C18H20N2O5S/c1-12-4-5-13(2)17(10-12)25-11-18(22)19-15-6-8-16(9-7-15)26(23,24)20-14(3)21/h4-10H,11H2,1-3H3,(H,19,22)(H,20,21). The Morgan fingerprint density at radius 3 is 2.31 bits per heavy atom. The lowest BCUT2D eigenvalue weighted by Crippen LogP contribution is -2.28. The zero-order valence-electron chi connectivity index (χ0n) is 14.7. The SMILES string of the molecule is CC(=O)NS(=O)(=O)c1ccc(NC(=O)COc2cc(C)ccc2C)cc1. The summed E-state index contributed by atoms with van der Waals surface area (Å²) in [5, 5.41) is 2.62. The van der Waals surface area contributed by atoms with E-state index in [4.69, 9.17) is 4.74 Å². The monoisotopic (exact) mass is 376 g/mol. The van der Waals surface area contributed by atoms with Crippen LogP contribution in [-0.4, -0.2) is 26.8 Å². The molecule has 2 amide bonds. The Morgan fingerprint density at radius 2 is 1.69 bits per heavy atom. The molecule has 0 aliphatic carbocycles. The number of rotatable bonds is 6. The van der Waals surface area contributed by atoms with Gasteiger partial charge in [0, 0.05) is 12.6 Å². The third kappa shape index (κ3) is 5.32. The molecule has 2 rings (SSSR count). The van der Waals surface area contributed by atoms with Gasteiger partial charge in [-0.1, -0.05) is 12.1 Å². The van der Waals surface area contributed by atoms with Crippen LogP contribution < -0.4 is 14.8 Å². The molecule has 2 N–H and O–H groups in total. The number of sulfonamides is 1. The van der Waals surface area contributed by atoms with Crippen LogP contribution in [0.1, 0.15) is 18.1 Å². The number of carbonyl (C=O) groups is 2. The summed E-state index contributed by atoms with van der Waals surface area (Å²) in [6.45, 7) is 4.77. The van der Waals surface area contributed by atoms with Crippen molar-refractivity contribution >= 4 is 27.5 Å². The number of carbonyl (C=O) groups excluding carboxylic acids is 2. The molecule has 0 aliphatic heterocycles. The van der Waals surface area contributed by atoms with Gasteiger partial charge in [-0.3, -0.25) is 9.59 Å². The van der Waals surface area contributed by atoms with E-state index in [9.17, 15) is 18.0 Å². The maximum absolute atomic E-state index is 12.0. The number of benzene rings is 2. The molecule has 0 fully saturated rings. The van der Waals surface area contributed by atoms with Crippen LogP contribution in [0.25, 0.3) is 0 Å². The van der Waals surface area contributed by atoms with Crippen molar-refractivity contribution in [3.8, 4) is 5.75 Å². The molecule has 0 bridgehead atoms. The van der Waals surface area contributed by atoms with E-state index in [0.717, 1.165) is 18.1 Å². The molecule has 138 valence electrons. The Labute approximate surface area is 152 Å². The predicted molar refractivity (Wildman–Crippen MR) is 97.5 cm³/mol. The number of anilines is 1. The fourth-order valence-corrected chi connectivity index (χ4v) is 3.16. The molecule has 7 nitrogen and oxygen atoms in total. The third-order valence-electron chi connectivity index (χ3n) is 3.43. The number of amides is 2. The minimum atomic E-state index is -3.90. The van der Waals surface area contributed by atoms with E-state index in [0.29, 0.717) is 11.4 Å². The summed E-state index contributed by atoms with van der Waals surface area (Å²) < 4.78 is 31.1. The van der Waals surface area contributed by atoms with E-state index in [1.165, 1.54) is 24.3 Å². The fraction of sp³-hybridized carbons (Fsp3) is 0.222. The summed E-state index contributed by atoms with van der Waals surface area (Å²) in [5.41, 5.74) is 2.37. The fourth-order valence-electron chi connectivity index (χ4n) is 2.17. The van der Waals surface area contributed by atoms with Crippen LogP contribution in [0, 0.1) is 13.8 Å². The number of ether oxygens (including phenoxy) is 1. The highest BCUT2D eigenvalue weighted by atomic mass is 32.2. The second kappa shape index (κ2) is 8.01. The third-order valence-corrected chi connectivity index (χ3v) is 4.88. The van der Waals surface area contributed by atoms with Gasteiger partial charge >= 0.3 is 0 Å². The average Bonchev–Trinajstić information content (AvgIpc) is 2.55. The van der Waals surface area contributed by atoms with Crippen LogP contribution in [0.3, 0.4) is 0 Å². The molecule has 2 aromatic carbocycles. The van der Waals surface area contributed by atoms with Crippen molar-refractivity contribution in [2.75, 3.05) is 11.9 Å². The smallest absolute Gasteiger partial charge is 0.264 e. The molecule has 0 heterocycles. The highest BCUT2D eigenvalue weighted by molar-refractivity contribution is 7.90. The molecular formula is C18H20N2O5S. The topological polar surface area (TPSA) is 102 Å². The predicted octanol–water partition coefficient (Wildman–Crippen LogP) is 2.15. The van der Waals surface area contributed by atoms with Crippen molar-refractivity contribution in [2.45, 2.75) is 25.7 Å². The largest absolute Gasteiger partial charge is 0.483 e. The zero-order valence-corrected chi connectivity index (χ0v) is 15.5. The normalized spacial score (nSPS) is 10.9. The van der Waals surface area contributed by atoms with Gasteiger partial charge in [-0.15, -0.1) is 0 Å². The summed E-state index contributed by atoms with van der Waals surface area (Å²) >= 11 is 0. The van der Waals surface area contributed by atoms with Gasteiger partial charge in [0.2, 0.25) is 5.91 Å². The van der Waals surface area contributed by atoms with Gasteiger partial charge in [0.15, 0.2) is 6.61 Å². The Balaban J connectivity index is 1.97. The molecule has 0 spiro atoms. The lowest BCUT2D eigenvalue weighted by molar-refractivity contribution is -0.118. The molecule has 0 saturated heterocycles. The van der Waals surface area contributed by atoms with Gasteiger partial charge < -0.3 is 10.1 Å². The first-order chi connectivity index (χ1) is 12.2. The summed E-state index contributed by atoms with van der Waals surface area (Å²) in [6, 6.07) is 11.2.